The number of fused-ring (bicyclic) bond motifs is 1. The van der Waals surface area contributed by atoms with Gasteiger partial charge in [0.1, 0.15) is 19.5 Å². The third-order valence-electron chi connectivity index (χ3n) is 3.82. The molecule has 1 aliphatic heterocycles. The molecule has 0 saturated carbocycles. The molecule has 0 atom stereocenters. The van der Waals surface area contributed by atoms with Crippen LogP contribution in [0.25, 0.3) is 0 Å². The molecule has 3 heterocycles. The van der Waals surface area contributed by atoms with Gasteiger partial charge < -0.3 is 20.1 Å². The molecule has 3 aromatic rings. The number of anilines is 4. The zero-order valence-electron chi connectivity index (χ0n) is 14.3. The van der Waals surface area contributed by atoms with E-state index in [0.29, 0.717) is 36.1 Å². The van der Waals surface area contributed by atoms with Crippen molar-refractivity contribution in [2.45, 2.75) is 0 Å². The molecule has 0 bridgehead atoms. The quantitative estimate of drug-likeness (QED) is 0.374. The van der Waals surface area contributed by atoms with E-state index in [1.807, 2.05) is 0 Å². The van der Waals surface area contributed by atoms with E-state index in [2.05, 4.69) is 25.6 Å². The molecule has 1 aliphatic rings. The Bertz CT molecular complexity index is 1050. The van der Waals surface area contributed by atoms with Crippen molar-refractivity contribution in [2.75, 3.05) is 23.8 Å². The Balaban J connectivity index is 1.68. The fourth-order valence-corrected chi connectivity index (χ4v) is 2.77. The molecule has 2 N–H and O–H groups in total. The van der Waals surface area contributed by atoms with Gasteiger partial charge in [0.05, 0.1) is 10.6 Å². The van der Waals surface area contributed by atoms with Gasteiger partial charge in [0.15, 0.2) is 16.7 Å². The summed E-state index contributed by atoms with van der Waals surface area (Å²) in [6.45, 7) is 0.910. The molecule has 28 heavy (non-hydrogen) atoms. The zero-order chi connectivity index (χ0) is 19.5. The fraction of sp³-hybridized carbons (Fsp3) is 0.118. The number of rotatable bonds is 5. The SMILES string of the molecule is O=[N+]([O-])c1c(Nc2ccc3c(c2)OCCO3)ncnc1Nc1cccnc1Cl. The van der Waals surface area contributed by atoms with Crippen LogP contribution in [0.15, 0.2) is 42.9 Å². The van der Waals surface area contributed by atoms with Crippen molar-refractivity contribution in [3.05, 3.63) is 58.1 Å². The van der Waals surface area contributed by atoms with Gasteiger partial charge in [-0.05, 0) is 24.3 Å². The predicted molar refractivity (Wildman–Crippen MR) is 102 cm³/mol. The van der Waals surface area contributed by atoms with E-state index in [-0.39, 0.29) is 22.5 Å². The van der Waals surface area contributed by atoms with E-state index in [4.69, 9.17) is 21.1 Å². The maximum absolute atomic E-state index is 11.7. The number of nitrogens with one attached hydrogen (secondary N) is 2. The van der Waals surface area contributed by atoms with Gasteiger partial charge in [0, 0.05) is 18.0 Å². The third kappa shape index (κ3) is 3.58. The summed E-state index contributed by atoms with van der Waals surface area (Å²) in [5, 5.41) is 17.6. The molecule has 0 spiro atoms. The van der Waals surface area contributed by atoms with Crippen molar-refractivity contribution in [1.29, 1.82) is 0 Å². The Labute approximate surface area is 163 Å². The minimum Gasteiger partial charge on any atom is -0.486 e. The number of hydrogen-bond donors (Lipinski definition) is 2. The van der Waals surface area contributed by atoms with Gasteiger partial charge in [0.2, 0.25) is 11.6 Å². The summed E-state index contributed by atoms with van der Waals surface area (Å²) in [6, 6.07) is 8.40. The van der Waals surface area contributed by atoms with Crippen LogP contribution in [0.3, 0.4) is 0 Å². The molecular weight excluding hydrogens is 388 g/mol. The second kappa shape index (κ2) is 7.53. The summed E-state index contributed by atoms with van der Waals surface area (Å²) >= 11 is 6.01. The van der Waals surface area contributed by atoms with Crippen molar-refractivity contribution in [3.8, 4) is 11.5 Å². The first-order valence-electron chi connectivity index (χ1n) is 8.15. The van der Waals surface area contributed by atoms with Crippen molar-refractivity contribution in [2.24, 2.45) is 0 Å². The lowest BCUT2D eigenvalue weighted by Gasteiger charge is -2.19. The number of benzene rings is 1. The number of hydrogen-bond acceptors (Lipinski definition) is 9. The van der Waals surface area contributed by atoms with Gasteiger partial charge in [0.25, 0.3) is 0 Å². The van der Waals surface area contributed by atoms with E-state index in [1.54, 1.807) is 30.3 Å². The highest BCUT2D eigenvalue weighted by atomic mass is 35.5. The van der Waals surface area contributed by atoms with Gasteiger partial charge in [-0.25, -0.2) is 15.0 Å². The van der Waals surface area contributed by atoms with E-state index >= 15 is 0 Å². The van der Waals surface area contributed by atoms with Crippen LogP contribution in [0, 0.1) is 10.1 Å². The number of halogens is 1. The Hall–Kier alpha value is -3.66. The van der Waals surface area contributed by atoms with Crippen LogP contribution in [0.1, 0.15) is 0 Å². The monoisotopic (exact) mass is 400 g/mol. The summed E-state index contributed by atoms with van der Waals surface area (Å²) in [5.41, 5.74) is 0.602. The lowest BCUT2D eigenvalue weighted by Crippen LogP contribution is -2.15. The number of ether oxygens (including phenoxy) is 2. The van der Waals surface area contributed by atoms with Crippen molar-refractivity contribution < 1.29 is 14.4 Å². The maximum atomic E-state index is 11.7. The molecule has 0 radical (unpaired) electrons. The minimum absolute atomic E-state index is 0.0131. The molecule has 2 aromatic heterocycles. The van der Waals surface area contributed by atoms with Crippen molar-refractivity contribution in [1.82, 2.24) is 15.0 Å². The number of aromatic nitrogens is 3. The molecule has 11 heteroatoms. The molecule has 10 nitrogen and oxygen atoms in total. The highest BCUT2D eigenvalue weighted by molar-refractivity contribution is 6.32. The van der Waals surface area contributed by atoms with Crippen LogP contribution in [-0.2, 0) is 0 Å². The van der Waals surface area contributed by atoms with Gasteiger partial charge in [-0.15, -0.1) is 0 Å². The van der Waals surface area contributed by atoms with Crippen molar-refractivity contribution in [3.63, 3.8) is 0 Å². The Kier molecular flexibility index (Phi) is 4.77. The smallest absolute Gasteiger partial charge is 0.353 e. The number of nitro groups is 1. The number of pyridine rings is 1. The average Bonchev–Trinajstić information content (AvgIpc) is 2.69. The normalized spacial score (nSPS) is 12.3. The van der Waals surface area contributed by atoms with Crippen LogP contribution < -0.4 is 20.1 Å². The topological polar surface area (TPSA) is 124 Å². The molecule has 0 aliphatic carbocycles. The Morgan fingerprint density at radius 2 is 1.79 bits per heavy atom. The first kappa shape index (κ1) is 17.7. The molecule has 0 saturated heterocycles. The first-order chi connectivity index (χ1) is 13.6. The van der Waals surface area contributed by atoms with Crippen LogP contribution in [0.5, 0.6) is 11.5 Å². The summed E-state index contributed by atoms with van der Waals surface area (Å²) in [5.74, 6) is 1.16. The third-order valence-corrected chi connectivity index (χ3v) is 4.12. The van der Waals surface area contributed by atoms with Gasteiger partial charge in [-0.1, -0.05) is 11.6 Å². The number of nitrogens with zero attached hydrogens (tertiary/aromatic N) is 4. The molecular formula is C17H13ClN6O4. The average molecular weight is 401 g/mol. The molecule has 4 rings (SSSR count). The van der Waals surface area contributed by atoms with E-state index in [9.17, 15) is 10.1 Å². The molecule has 0 unspecified atom stereocenters. The van der Waals surface area contributed by atoms with Crippen LogP contribution >= 0.6 is 11.6 Å². The Morgan fingerprint density at radius 1 is 1.04 bits per heavy atom. The minimum atomic E-state index is -0.576. The van der Waals surface area contributed by atoms with Gasteiger partial charge >= 0.3 is 5.69 Å². The second-order valence-corrected chi connectivity index (χ2v) is 5.98. The highest BCUT2D eigenvalue weighted by Crippen LogP contribution is 2.37. The summed E-state index contributed by atoms with van der Waals surface area (Å²) in [4.78, 5) is 23.0. The largest absolute Gasteiger partial charge is 0.486 e. The molecule has 0 amide bonds. The molecule has 0 fully saturated rings. The van der Waals surface area contributed by atoms with Crippen LogP contribution in [-0.4, -0.2) is 33.1 Å². The lowest BCUT2D eigenvalue weighted by molar-refractivity contribution is -0.383. The first-order valence-corrected chi connectivity index (χ1v) is 8.53. The van der Waals surface area contributed by atoms with Gasteiger partial charge in [-0.2, -0.15) is 0 Å². The lowest BCUT2D eigenvalue weighted by atomic mass is 10.2. The molecule has 142 valence electrons. The second-order valence-electron chi connectivity index (χ2n) is 5.63. The van der Waals surface area contributed by atoms with Crippen LogP contribution in [0.4, 0.5) is 28.7 Å². The fourth-order valence-electron chi connectivity index (χ4n) is 2.60. The van der Waals surface area contributed by atoms with Gasteiger partial charge in [-0.3, -0.25) is 10.1 Å². The maximum Gasteiger partial charge on any atom is 0.353 e. The zero-order valence-corrected chi connectivity index (χ0v) is 15.0. The van der Waals surface area contributed by atoms with Crippen molar-refractivity contribution >= 4 is 40.3 Å². The highest BCUT2D eigenvalue weighted by Gasteiger charge is 2.24. The summed E-state index contributed by atoms with van der Waals surface area (Å²) in [7, 11) is 0. The summed E-state index contributed by atoms with van der Waals surface area (Å²) in [6.07, 6.45) is 2.72. The van der Waals surface area contributed by atoms with E-state index in [1.165, 1.54) is 12.5 Å². The predicted octanol–water partition coefficient (Wildman–Crippen LogP) is 3.69. The standard InChI is InChI=1S/C17H13ClN6O4/c18-15-11(2-1-5-19-15)23-17-14(24(25)26)16(20-9-21-17)22-10-3-4-12-13(8-10)28-7-6-27-12/h1-5,8-9H,6-7H2,(H2,20,21,22,23). The van der Waals surface area contributed by atoms with Crippen LogP contribution in [0.2, 0.25) is 5.15 Å². The summed E-state index contributed by atoms with van der Waals surface area (Å²) < 4.78 is 11.0. The van der Waals surface area contributed by atoms with E-state index < -0.39 is 4.92 Å². The Morgan fingerprint density at radius 3 is 2.54 bits per heavy atom. The molecule has 1 aromatic carbocycles. The van der Waals surface area contributed by atoms with E-state index in [0.717, 1.165) is 0 Å².